The van der Waals surface area contributed by atoms with Gasteiger partial charge in [-0.05, 0) is 42.2 Å². The summed E-state index contributed by atoms with van der Waals surface area (Å²) >= 11 is 1.42. The maximum atomic E-state index is 12.9. The quantitative estimate of drug-likeness (QED) is 0.347. The number of para-hydroxylation sites is 1. The minimum Gasteiger partial charge on any atom is -0.361 e. The van der Waals surface area contributed by atoms with Gasteiger partial charge in [-0.2, -0.15) is 13.2 Å². The summed E-state index contributed by atoms with van der Waals surface area (Å²) in [6.07, 6.45) is -0.580. The molecule has 0 spiro atoms. The van der Waals surface area contributed by atoms with Gasteiger partial charge >= 0.3 is 6.18 Å². The predicted octanol–water partition coefficient (Wildman–Crippen LogP) is 5.52. The van der Waals surface area contributed by atoms with Crippen LogP contribution in [-0.4, -0.2) is 39.8 Å². The van der Waals surface area contributed by atoms with Crippen molar-refractivity contribution in [3.05, 3.63) is 87.5 Å². The largest absolute Gasteiger partial charge is 0.416 e. The van der Waals surface area contributed by atoms with Crippen LogP contribution in [0.5, 0.6) is 0 Å². The molecular weight excluding hydrogens is 501 g/mol. The van der Waals surface area contributed by atoms with Crippen LogP contribution >= 0.6 is 11.3 Å². The first-order valence-corrected chi connectivity index (χ1v) is 12.9. The summed E-state index contributed by atoms with van der Waals surface area (Å²) in [6, 6.07) is 12.6. The van der Waals surface area contributed by atoms with Crippen molar-refractivity contribution in [1.82, 2.24) is 20.2 Å². The number of likely N-dealkylation sites (tertiary alicyclic amines) is 1. The average molecular weight is 527 g/mol. The van der Waals surface area contributed by atoms with Crippen molar-refractivity contribution in [3.63, 3.8) is 0 Å². The van der Waals surface area contributed by atoms with Gasteiger partial charge in [0.1, 0.15) is 5.69 Å². The Balaban J connectivity index is 1.12. The van der Waals surface area contributed by atoms with E-state index in [0.29, 0.717) is 30.8 Å². The Morgan fingerprint density at radius 1 is 1.08 bits per heavy atom. The second-order valence-electron chi connectivity index (χ2n) is 9.14. The van der Waals surface area contributed by atoms with Crippen LogP contribution in [-0.2, 0) is 23.9 Å². The molecule has 1 fully saturated rings. The highest BCUT2D eigenvalue weighted by atomic mass is 32.1. The van der Waals surface area contributed by atoms with Gasteiger partial charge < -0.3 is 15.2 Å². The molecule has 0 bridgehead atoms. The Bertz CT molecular complexity index is 1400. The summed E-state index contributed by atoms with van der Waals surface area (Å²) in [5, 5.41) is 6.35. The molecule has 2 aromatic heterocycles. The second-order valence-corrected chi connectivity index (χ2v) is 10.0. The molecule has 2 aromatic carbocycles. The number of alkyl halides is 3. The summed E-state index contributed by atoms with van der Waals surface area (Å²) in [5.41, 5.74) is 2.16. The molecule has 6 nitrogen and oxygen atoms in total. The smallest absolute Gasteiger partial charge is 0.361 e. The highest BCUT2D eigenvalue weighted by Crippen LogP contribution is 2.31. The molecule has 0 radical (unpaired) electrons. The molecule has 1 aliphatic heterocycles. The van der Waals surface area contributed by atoms with E-state index in [1.807, 2.05) is 35.4 Å². The maximum Gasteiger partial charge on any atom is 0.416 e. The number of nitrogens with one attached hydrogen (secondary N) is 2. The Labute approximate surface area is 215 Å². The van der Waals surface area contributed by atoms with Gasteiger partial charge in [-0.15, -0.1) is 11.3 Å². The molecule has 1 aliphatic rings. The average Bonchev–Trinajstić information content (AvgIpc) is 3.55. The Morgan fingerprint density at radius 2 is 1.81 bits per heavy atom. The number of piperidine rings is 1. The number of H-pyrrole nitrogens is 1. The number of carbonyl (C=O) groups excluding carboxylic acids is 2. The third kappa shape index (κ3) is 5.69. The Morgan fingerprint density at radius 3 is 2.54 bits per heavy atom. The van der Waals surface area contributed by atoms with E-state index in [0.717, 1.165) is 46.4 Å². The molecule has 37 heavy (non-hydrogen) atoms. The van der Waals surface area contributed by atoms with E-state index in [1.54, 1.807) is 5.38 Å². The number of rotatable bonds is 6. The molecule has 3 heterocycles. The van der Waals surface area contributed by atoms with Gasteiger partial charge in [0.05, 0.1) is 17.0 Å². The van der Waals surface area contributed by atoms with Crippen LogP contribution in [0.1, 0.15) is 50.9 Å². The number of carbonyl (C=O) groups is 2. The lowest BCUT2D eigenvalue weighted by atomic mass is 9.97. The number of halogens is 3. The van der Waals surface area contributed by atoms with E-state index in [4.69, 9.17) is 0 Å². The molecule has 0 aliphatic carbocycles. The lowest BCUT2D eigenvalue weighted by Crippen LogP contribution is -2.38. The number of aromatic nitrogens is 2. The summed E-state index contributed by atoms with van der Waals surface area (Å²) in [4.78, 5) is 35.0. The highest BCUT2D eigenvalue weighted by molar-refractivity contribution is 7.09. The van der Waals surface area contributed by atoms with Gasteiger partial charge in [-0.1, -0.05) is 30.3 Å². The van der Waals surface area contributed by atoms with Gasteiger partial charge in [0.2, 0.25) is 5.91 Å². The lowest BCUT2D eigenvalue weighted by molar-refractivity contribution is -0.137. The number of aromatic amines is 1. The van der Waals surface area contributed by atoms with Crippen molar-refractivity contribution >= 4 is 34.1 Å². The fourth-order valence-corrected chi connectivity index (χ4v) is 5.56. The molecule has 5 rings (SSSR count). The van der Waals surface area contributed by atoms with Crippen molar-refractivity contribution < 1.29 is 22.8 Å². The zero-order chi connectivity index (χ0) is 26.0. The van der Waals surface area contributed by atoms with Crippen molar-refractivity contribution in [1.29, 1.82) is 0 Å². The normalized spacial score (nSPS) is 14.7. The number of fused-ring (bicyclic) bond motifs is 1. The van der Waals surface area contributed by atoms with Gasteiger partial charge in [0.15, 0.2) is 0 Å². The first-order valence-electron chi connectivity index (χ1n) is 12.0. The minimum absolute atomic E-state index is 0.102. The topological polar surface area (TPSA) is 78.1 Å². The molecule has 10 heteroatoms. The maximum absolute atomic E-state index is 12.9. The van der Waals surface area contributed by atoms with E-state index >= 15 is 0 Å². The van der Waals surface area contributed by atoms with Crippen LogP contribution in [0.25, 0.3) is 10.9 Å². The first kappa shape index (κ1) is 25.0. The number of benzene rings is 2. The molecule has 2 N–H and O–H groups in total. The predicted molar refractivity (Wildman–Crippen MR) is 135 cm³/mol. The van der Waals surface area contributed by atoms with Crippen LogP contribution in [0, 0.1) is 0 Å². The van der Waals surface area contributed by atoms with E-state index < -0.39 is 11.7 Å². The zero-order valence-electron chi connectivity index (χ0n) is 19.8. The molecule has 192 valence electrons. The minimum atomic E-state index is -4.39. The van der Waals surface area contributed by atoms with Gasteiger partial charge in [-0.3, -0.25) is 9.59 Å². The molecular formula is C27H25F3N4O2S. The summed E-state index contributed by atoms with van der Waals surface area (Å²) < 4.78 is 38.1. The van der Waals surface area contributed by atoms with E-state index in [-0.39, 0.29) is 24.3 Å². The van der Waals surface area contributed by atoms with Crippen molar-refractivity contribution in [2.75, 3.05) is 13.1 Å². The Kier molecular flexibility index (Phi) is 7.01. The highest BCUT2D eigenvalue weighted by Gasteiger charge is 2.30. The monoisotopic (exact) mass is 526 g/mol. The summed E-state index contributed by atoms with van der Waals surface area (Å²) in [5.74, 6) is -0.0852. The van der Waals surface area contributed by atoms with E-state index in [1.165, 1.54) is 23.5 Å². The Hall–Kier alpha value is -3.66. The zero-order valence-corrected chi connectivity index (χ0v) is 20.7. The lowest BCUT2D eigenvalue weighted by Gasteiger charge is -2.31. The molecule has 4 aromatic rings. The standard InChI is InChI=1S/C27H25F3N4O2S/c28-27(29,30)20-7-5-17(6-8-20)14-32-25(36)23-16-37-26(33-23)18-9-11-34(12-10-18)24(35)13-19-15-31-22-4-2-1-3-21(19)22/h1-8,15-16,18,31H,9-14H2,(H,32,36). The number of hydrogen-bond donors (Lipinski definition) is 2. The fourth-order valence-electron chi connectivity index (χ4n) is 4.59. The molecule has 2 amide bonds. The van der Waals surface area contributed by atoms with E-state index in [9.17, 15) is 22.8 Å². The van der Waals surface area contributed by atoms with Gasteiger partial charge in [0.25, 0.3) is 5.91 Å². The molecule has 0 unspecified atom stereocenters. The van der Waals surface area contributed by atoms with Gasteiger partial charge in [0, 0.05) is 48.0 Å². The van der Waals surface area contributed by atoms with Crippen LogP contribution < -0.4 is 5.32 Å². The third-order valence-corrected chi connectivity index (χ3v) is 7.71. The first-order chi connectivity index (χ1) is 17.8. The second kappa shape index (κ2) is 10.4. The van der Waals surface area contributed by atoms with E-state index in [2.05, 4.69) is 15.3 Å². The van der Waals surface area contributed by atoms with Crippen LogP contribution in [0.2, 0.25) is 0 Å². The SMILES string of the molecule is O=C(NCc1ccc(C(F)(F)F)cc1)c1csc(C2CCN(C(=O)Cc3c[nH]c4ccccc34)CC2)n1. The summed E-state index contributed by atoms with van der Waals surface area (Å²) in [6.45, 7) is 1.39. The molecule has 1 saturated heterocycles. The third-order valence-electron chi connectivity index (χ3n) is 6.70. The number of hydrogen-bond acceptors (Lipinski definition) is 4. The number of nitrogens with zero attached hydrogens (tertiary/aromatic N) is 2. The van der Waals surface area contributed by atoms with Crippen molar-refractivity contribution in [3.8, 4) is 0 Å². The molecule has 0 atom stereocenters. The van der Waals surface area contributed by atoms with Crippen molar-refractivity contribution in [2.45, 2.75) is 37.9 Å². The number of amides is 2. The number of thiazole rings is 1. The fraction of sp³-hybridized carbons (Fsp3) is 0.296. The summed E-state index contributed by atoms with van der Waals surface area (Å²) in [7, 11) is 0. The molecule has 0 saturated carbocycles. The van der Waals surface area contributed by atoms with Crippen LogP contribution in [0.4, 0.5) is 13.2 Å². The van der Waals surface area contributed by atoms with Gasteiger partial charge in [-0.25, -0.2) is 4.98 Å². The van der Waals surface area contributed by atoms with Crippen LogP contribution in [0.3, 0.4) is 0 Å². The van der Waals surface area contributed by atoms with Crippen LogP contribution in [0.15, 0.2) is 60.1 Å². The van der Waals surface area contributed by atoms with Crippen molar-refractivity contribution in [2.24, 2.45) is 0 Å².